The molecule has 0 fully saturated rings. The molecule has 0 saturated heterocycles. The zero-order valence-corrected chi connectivity index (χ0v) is 22.7. The van der Waals surface area contributed by atoms with E-state index in [0.29, 0.717) is 11.4 Å². The molecule has 1 aromatic heterocycles. The van der Waals surface area contributed by atoms with Crippen molar-refractivity contribution in [3.63, 3.8) is 0 Å². The summed E-state index contributed by atoms with van der Waals surface area (Å²) in [5.41, 5.74) is 1.67. The van der Waals surface area contributed by atoms with E-state index < -0.39 is 23.5 Å². The molecule has 0 aromatic carbocycles. The van der Waals surface area contributed by atoms with Crippen molar-refractivity contribution in [1.82, 2.24) is 10.3 Å². The molecular weight excluding hydrogens is 464 g/mol. The number of hydrogen-bond donors (Lipinski definition) is 4. The van der Waals surface area contributed by atoms with Crippen LogP contribution >= 0.6 is 11.3 Å². The maximum atomic E-state index is 13.2. The van der Waals surface area contributed by atoms with Crippen LogP contribution in [-0.2, 0) is 16.2 Å². The Morgan fingerprint density at radius 2 is 1.97 bits per heavy atom. The summed E-state index contributed by atoms with van der Waals surface area (Å²) >= 11 is 1.38. The summed E-state index contributed by atoms with van der Waals surface area (Å²) in [6.07, 6.45) is 4.98. The molecule has 5 atom stereocenters. The van der Waals surface area contributed by atoms with Crippen LogP contribution in [0.25, 0.3) is 6.08 Å². The summed E-state index contributed by atoms with van der Waals surface area (Å²) in [5.74, 6) is -1.27. The van der Waals surface area contributed by atoms with Crippen molar-refractivity contribution in [2.24, 2.45) is 17.3 Å². The van der Waals surface area contributed by atoms with E-state index in [9.17, 15) is 24.9 Å². The van der Waals surface area contributed by atoms with Crippen LogP contribution < -0.4 is 5.32 Å². The van der Waals surface area contributed by atoms with Crippen LogP contribution in [0.15, 0.2) is 22.6 Å². The number of nitrogens with one attached hydrogen (secondary N) is 1. The van der Waals surface area contributed by atoms with Crippen molar-refractivity contribution in [2.45, 2.75) is 98.5 Å². The van der Waals surface area contributed by atoms with Gasteiger partial charge in [0.15, 0.2) is 0 Å². The zero-order valence-electron chi connectivity index (χ0n) is 21.9. The molecule has 1 aromatic rings. The van der Waals surface area contributed by atoms with Gasteiger partial charge in [0, 0.05) is 11.3 Å². The summed E-state index contributed by atoms with van der Waals surface area (Å²) in [6, 6.07) is -0.296. The lowest BCUT2D eigenvalue weighted by Crippen LogP contribution is -2.47. The smallest absolute Gasteiger partial charge is 0.223 e. The van der Waals surface area contributed by atoms with E-state index in [2.05, 4.69) is 23.3 Å². The summed E-state index contributed by atoms with van der Waals surface area (Å²) in [4.78, 5) is 30.5. The molecule has 4 N–H and O–H groups in total. The molecule has 0 bridgehead atoms. The zero-order chi connectivity index (χ0) is 26.3. The Hall–Kier alpha value is -1.87. The standard InChI is InChI=1S/C27H42N2O5S/c1-16-8-7-9-17(2)25(33)19(4)26(34)27(5,6)22(31)13-23(32)29-21(11-10-16)18(3)12-20-15-35-24(14-30)28-20/h10,12,15,17,19,21-22,25,30-31,33H,7-9,11,13-14H2,1-6H3,(H,29,32)/b16-10-,18-12+/t17-,19+,21?,22+,25-/m1/s1. The average Bonchev–Trinajstić information content (AvgIpc) is 3.26. The molecule has 0 spiro atoms. The van der Waals surface area contributed by atoms with Gasteiger partial charge in [0.05, 0.1) is 42.4 Å². The summed E-state index contributed by atoms with van der Waals surface area (Å²) in [6.45, 7) is 10.8. The van der Waals surface area contributed by atoms with Gasteiger partial charge in [-0.15, -0.1) is 11.3 Å². The number of ketones is 1. The van der Waals surface area contributed by atoms with Gasteiger partial charge in [-0.05, 0) is 57.1 Å². The molecule has 0 radical (unpaired) electrons. The summed E-state index contributed by atoms with van der Waals surface area (Å²) < 4.78 is 0. The van der Waals surface area contributed by atoms with Gasteiger partial charge >= 0.3 is 0 Å². The quantitative estimate of drug-likeness (QED) is 0.460. The first-order valence-corrected chi connectivity index (χ1v) is 13.3. The molecule has 1 aliphatic rings. The second-order valence-corrected chi connectivity index (χ2v) is 11.5. The van der Waals surface area contributed by atoms with E-state index in [-0.39, 0.29) is 36.7 Å². The van der Waals surface area contributed by atoms with Crippen LogP contribution in [0.2, 0.25) is 0 Å². The first-order valence-electron chi connectivity index (χ1n) is 12.5. The van der Waals surface area contributed by atoms with Crippen molar-refractivity contribution in [1.29, 1.82) is 0 Å². The minimum absolute atomic E-state index is 0.0502. The molecule has 35 heavy (non-hydrogen) atoms. The predicted molar refractivity (Wildman–Crippen MR) is 140 cm³/mol. The van der Waals surface area contributed by atoms with E-state index in [1.165, 1.54) is 16.9 Å². The van der Waals surface area contributed by atoms with Gasteiger partial charge in [-0.2, -0.15) is 0 Å². The number of aliphatic hydroxyl groups is 3. The van der Waals surface area contributed by atoms with E-state index in [1.807, 2.05) is 25.3 Å². The van der Waals surface area contributed by atoms with Gasteiger partial charge in [-0.3, -0.25) is 9.59 Å². The Morgan fingerprint density at radius 1 is 1.29 bits per heavy atom. The molecule has 8 heteroatoms. The van der Waals surface area contributed by atoms with E-state index in [4.69, 9.17) is 0 Å². The molecule has 0 saturated carbocycles. The average molecular weight is 507 g/mol. The highest BCUT2D eigenvalue weighted by Crippen LogP contribution is 2.32. The number of nitrogens with zero attached hydrogens (tertiary/aromatic N) is 1. The number of carbonyl (C=O) groups is 2. The summed E-state index contributed by atoms with van der Waals surface area (Å²) in [7, 11) is 0. The second kappa shape index (κ2) is 12.9. The van der Waals surface area contributed by atoms with E-state index >= 15 is 0 Å². The lowest BCUT2D eigenvalue weighted by Gasteiger charge is -2.34. The molecule has 196 valence electrons. The Balaban J connectivity index is 2.33. The van der Waals surface area contributed by atoms with Crippen LogP contribution in [-0.4, -0.2) is 50.2 Å². The van der Waals surface area contributed by atoms with E-state index in [0.717, 1.165) is 30.5 Å². The van der Waals surface area contributed by atoms with Gasteiger partial charge in [0.2, 0.25) is 5.91 Å². The molecule has 1 unspecified atom stereocenters. The minimum atomic E-state index is -1.18. The third-order valence-corrected chi connectivity index (χ3v) is 8.11. The van der Waals surface area contributed by atoms with Gasteiger partial charge in [-0.1, -0.05) is 39.3 Å². The van der Waals surface area contributed by atoms with E-state index in [1.54, 1.807) is 20.8 Å². The maximum Gasteiger partial charge on any atom is 0.223 e. The fourth-order valence-electron chi connectivity index (χ4n) is 4.53. The van der Waals surface area contributed by atoms with Gasteiger partial charge < -0.3 is 20.6 Å². The maximum absolute atomic E-state index is 13.2. The Morgan fingerprint density at radius 3 is 2.60 bits per heavy atom. The molecule has 0 aliphatic carbocycles. The van der Waals surface area contributed by atoms with Crippen molar-refractivity contribution in [2.75, 3.05) is 0 Å². The molecule has 1 amide bonds. The van der Waals surface area contributed by atoms with Crippen molar-refractivity contribution in [3.8, 4) is 0 Å². The monoisotopic (exact) mass is 506 g/mol. The van der Waals surface area contributed by atoms with Crippen LogP contribution in [0.5, 0.6) is 0 Å². The molecule has 2 rings (SSSR count). The highest BCUT2D eigenvalue weighted by molar-refractivity contribution is 7.09. The number of allylic oxidation sites excluding steroid dienone is 1. The Bertz CT molecular complexity index is 936. The molecule has 2 heterocycles. The number of hydrogen-bond acceptors (Lipinski definition) is 7. The normalized spacial score (nSPS) is 31.5. The number of rotatable bonds is 3. The number of carbonyl (C=O) groups excluding carboxylic acids is 2. The van der Waals surface area contributed by atoms with Crippen molar-refractivity contribution < 1.29 is 24.9 Å². The van der Waals surface area contributed by atoms with Crippen molar-refractivity contribution >= 4 is 29.1 Å². The van der Waals surface area contributed by atoms with Crippen molar-refractivity contribution in [3.05, 3.63) is 33.3 Å². The van der Waals surface area contributed by atoms with Gasteiger partial charge in [-0.25, -0.2) is 4.98 Å². The largest absolute Gasteiger partial charge is 0.392 e. The van der Waals surface area contributed by atoms with Crippen LogP contribution in [0.4, 0.5) is 0 Å². The highest BCUT2D eigenvalue weighted by atomic mass is 32.1. The predicted octanol–water partition coefficient (Wildman–Crippen LogP) is 4.02. The SMILES string of the molecule is C/C1=C/CC(/C(C)=C/c2csc(CO)n2)NC(=O)C[C@H](O)C(C)(C)C(=O)[C@@H](C)[C@H](O)[C@H](C)CCC1. The lowest BCUT2D eigenvalue weighted by atomic mass is 9.73. The first-order chi connectivity index (χ1) is 16.4. The van der Waals surface area contributed by atoms with Crippen LogP contribution in [0.1, 0.15) is 84.3 Å². The molecule has 1 aliphatic heterocycles. The van der Waals surface area contributed by atoms with Gasteiger partial charge in [0.1, 0.15) is 10.8 Å². The fraction of sp³-hybridized carbons (Fsp3) is 0.667. The molecular formula is C27H42N2O5S. The number of amides is 1. The highest BCUT2D eigenvalue weighted by Gasteiger charge is 2.42. The number of aliphatic hydroxyl groups excluding tert-OH is 3. The van der Waals surface area contributed by atoms with Crippen LogP contribution in [0, 0.1) is 17.3 Å². The fourth-order valence-corrected chi connectivity index (χ4v) is 5.14. The van der Waals surface area contributed by atoms with Gasteiger partial charge in [0.25, 0.3) is 0 Å². The Labute approximate surface area is 213 Å². The first kappa shape index (κ1) is 29.4. The second-order valence-electron chi connectivity index (χ2n) is 10.6. The number of Topliss-reactive ketones (excluding diaryl/α,β-unsaturated/α-hetero) is 1. The number of aromatic nitrogens is 1. The number of thiazole rings is 1. The lowest BCUT2D eigenvalue weighted by molar-refractivity contribution is -0.143. The summed E-state index contributed by atoms with van der Waals surface area (Å²) in [5, 5.41) is 36.5. The third kappa shape index (κ3) is 8.07. The van der Waals surface area contributed by atoms with Crippen LogP contribution in [0.3, 0.4) is 0 Å². The minimum Gasteiger partial charge on any atom is -0.392 e. The Kier molecular flexibility index (Phi) is 10.8. The third-order valence-electron chi connectivity index (χ3n) is 7.25. The molecule has 7 nitrogen and oxygen atoms in total. The topological polar surface area (TPSA) is 120 Å².